The van der Waals surface area contributed by atoms with Crippen LogP contribution in [0.25, 0.3) is 0 Å². The summed E-state index contributed by atoms with van der Waals surface area (Å²) in [7, 11) is 0. The van der Waals surface area contributed by atoms with E-state index in [4.69, 9.17) is 0 Å². The fourth-order valence-corrected chi connectivity index (χ4v) is 2.47. The molecule has 0 fully saturated rings. The Labute approximate surface area is 122 Å². The van der Waals surface area contributed by atoms with Crippen LogP contribution in [0, 0.1) is 5.92 Å². The Bertz CT molecular complexity index is 537. The van der Waals surface area contributed by atoms with Crippen molar-refractivity contribution in [1.82, 2.24) is 5.32 Å². The molecule has 0 bridgehead atoms. The lowest BCUT2D eigenvalue weighted by molar-refractivity contribution is -0.137. The molecule has 1 aromatic carbocycles. The third-order valence-electron chi connectivity index (χ3n) is 3.65. The molecule has 0 aliphatic heterocycles. The van der Waals surface area contributed by atoms with Gasteiger partial charge in [0.05, 0.1) is 11.6 Å². The average molecular weight is 297 g/mol. The maximum absolute atomic E-state index is 12.7. The van der Waals surface area contributed by atoms with E-state index in [1.807, 2.05) is 12.2 Å². The van der Waals surface area contributed by atoms with Gasteiger partial charge in [-0.25, -0.2) is 0 Å². The van der Waals surface area contributed by atoms with Crippen LogP contribution in [0.4, 0.5) is 13.2 Å². The highest BCUT2D eigenvalue weighted by Crippen LogP contribution is 2.30. The summed E-state index contributed by atoms with van der Waals surface area (Å²) in [6, 6.07) is 4.63. The van der Waals surface area contributed by atoms with Gasteiger partial charge >= 0.3 is 6.18 Å². The zero-order valence-corrected chi connectivity index (χ0v) is 11.8. The third-order valence-corrected chi connectivity index (χ3v) is 3.65. The summed E-state index contributed by atoms with van der Waals surface area (Å²) in [4.78, 5) is 11.9. The smallest absolute Gasteiger partial charge is 0.350 e. The van der Waals surface area contributed by atoms with Crippen LogP contribution in [0.3, 0.4) is 0 Å². The Morgan fingerprint density at radius 1 is 1.43 bits per heavy atom. The summed E-state index contributed by atoms with van der Waals surface area (Å²) >= 11 is 0. The van der Waals surface area contributed by atoms with Crippen LogP contribution in [-0.2, 0) is 11.0 Å². The zero-order chi connectivity index (χ0) is 15.5. The molecule has 2 rings (SSSR count). The summed E-state index contributed by atoms with van der Waals surface area (Å²) in [5.74, 6) is 0.121. The zero-order valence-electron chi connectivity index (χ0n) is 11.8. The molecule has 2 unspecified atom stereocenters. The Hall–Kier alpha value is -1.78. The van der Waals surface area contributed by atoms with E-state index in [0.717, 1.165) is 25.0 Å². The van der Waals surface area contributed by atoms with Crippen molar-refractivity contribution in [2.24, 2.45) is 5.92 Å². The van der Waals surface area contributed by atoms with Gasteiger partial charge in [0.2, 0.25) is 5.91 Å². The van der Waals surface area contributed by atoms with Gasteiger partial charge in [-0.3, -0.25) is 4.79 Å². The van der Waals surface area contributed by atoms with Gasteiger partial charge in [-0.1, -0.05) is 24.3 Å². The lowest BCUT2D eigenvalue weighted by atomic mass is 10.0. The molecular formula is C16H18F3NO. The van der Waals surface area contributed by atoms with Gasteiger partial charge in [-0.05, 0) is 43.4 Å². The van der Waals surface area contributed by atoms with E-state index in [0.29, 0.717) is 12.0 Å². The molecule has 0 saturated carbocycles. The quantitative estimate of drug-likeness (QED) is 0.828. The van der Waals surface area contributed by atoms with Crippen LogP contribution in [0.15, 0.2) is 36.4 Å². The highest BCUT2D eigenvalue weighted by molar-refractivity contribution is 5.77. The molecule has 2 atom stereocenters. The van der Waals surface area contributed by atoms with Crippen molar-refractivity contribution < 1.29 is 18.0 Å². The fourth-order valence-electron chi connectivity index (χ4n) is 2.47. The lowest BCUT2D eigenvalue weighted by Gasteiger charge is -2.17. The summed E-state index contributed by atoms with van der Waals surface area (Å²) in [6.45, 7) is 1.69. The number of hydrogen-bond acceptors (Lipinski definition) is 1. The predicted molar refractivity (Wildman–Crippen MR) is 74.5 cm³/mol. The maximum Gasteiger partial charge on any atom is 0.416 e. The van der Waals surface area contributed by atoms with Crippen LogP contribution >= 0.6 is 0 Å². The first-order valence-corrected chi connectivity index (χ1v) is 6.99. The number of alkyl halides is 3. The number of carbonyl (C=O) groups is 1. The summed E-state index contributed by atoms with van der Waals surface area (Å²) in [6.07, 6.45) is 2.05. The highest BCUT2D eigenvalue weighted by Gasteiger charge is 2.30. The van der Waals surface area contributed by atoms with E-state index in [9.17, 15) is 18.0 Å². The largest absolute Gasteiger partial charge is 0.416 e. The number of nitrogens with one attached hydrogen (secondary N) is 1. The number of hydrogen-bond donors (Lipinski definition) is 1. The standard InChI is InChI=1S/C16H18F3NO/c1-11(20-15(21)9-12-5-2-3-6-12)13-7-4-8-14(10-13)16(17,18)19/h2,4-5,7-8,10-12H,3,6,9H2,1H3,(H,20,21). The van der Waals surface area contributed by atoms with Crippen LogP contribution in [0.5, 0.6) is 0 Å². The van der Waals surface area contributed by atoms with E-state index in [1.165, 1.54) is 6.07 Å². The number of allylic oxidation sites excluding steroid dienone is 2. The third kappa shape index (κ3) is 4.34. The molecule has 0 saturated heterocycles. The minimum absolute atomic E-state index is 0.128. The Morgan fingerprint density at radius 2 is 2.19 bits per heavy atom. The number of rotatable bonds is 4. The summed E-state index contributed by atoms with van der Waals surface area (Å²) in [5, 5.41) is 2.76. The van der Waals surface area contributed by atoms with Gasteiger partial charge < -0.3 is 5.32 Å². The van der Waals surface area contributed by atoms with E-state index in [1.54, 1.807) is 13.0 Å². The predicted octanol–water partition coefficient (Wildman–Crippen LogP) is 4.24. The van der Waals surface area contributed by atoms with Gasteiger partial charge in [0.15, 0.2) is 0 Å². The Balaban J connectivity index is 1.97. The van der Waals surface area contributed by atoms with E-state index >= 15 is 0 Å². The topological polar surface area (TPSA) is 29.1 Å². The number of carbonyl (C=O) groups excluding carboxylic acids is 1. The normalized spacial score (nSPS) is 19.5. The molecule has 1 aromatic rings. The van der Waals surface area contributed by atoms with Gasteiger partial charge in [0, 0.05) is 6.42 Å². The minimum Gasteiger partial charge on any atom is -0.350 e. The summed E-state index contributed by atoms with van der Waals surface area (Å²) in [5.41, 5.74) is -0.236. The van der Waals surface area contributed by atoms with Gasteiger partial charge in [-0.15, -0.1) is 0 Å². The molecule has 0 spiro atoms. The molecular weight excluding hydrogens is 279 g/mol. The SMILES string of the molecule is CC(NC(=O)CC1C=CCC1)c1cccc(C(F)(F)F)c1. The molecule has 114 valence electrons. The Morgan fingerprint density at radius 3 is 2.81 bits per heavy atom. The second kappa shape index (κ2) is 6.33. The van der Waals surface area contributed by atoms with Crippen LogP contribution in [0.1, 0.15) is 43.4 Å². The lowest BCUT2D eigenvalue weighted by Crippen LogP contribution is -2.28. The van der Waals surface area contributed by atoms with Gasteiger partial charge in [-0.2, -0.15) is 13.2 Å². The first kappa shape index (κ1) is 15.6. The van der Waals surface area contributed by atoms with Crippen LogP contribution in [0.2, 0.25) is 0 Å². The van der Waals surface area contributed by atoms with Gasteiger partial charge in [0.1, 0.15) is 0 Å². The monoisotopic (exact) mass is 297 g/mol. The fraction of sp³-hybridized carbons (Fsp3) is 0.438. The van der Waals surface area contributed by atoms with Crippen molar-refractivity contribution in [2.45, 2.75) is 38.4 Å². The molecule has 0 aromatic heterocycles. The van der Waals surface area contributed by atoms with Gasteiger partial charge in [0.25, 0.3) is 0 Å². The maximum atomic E-state index is 12.7. The highest BCUT2D eigenvalue weighted by atomic mass is 19.4. The number of benzene rings is 1. The second-order valence-corrected chi connectivity index (χ2v) is 5.38. The van der Waals surface area contributed by atoms with Crippen molar-refractivity contribution in [3.05, 3.63) is 47.5 Å². The molecule has 21 heavy (non-hydrogen) atoms. The van der Waals surface area contributed by atoms with E-state index in [-0.39, 0.29) is 11.8 Å². The molecule has 0 heterocycles. The molecule has 0 radical (unpaired) electrons. The number of halogens is 3. The summed E-state index contributed by atoms with van der Waals surface area (Å²) < 4.78 is 38.0. The van der Waals surface area contributed by atoms with Crippen molar-refractivity contribution >= 4 is 5.91 Å². The minimum atomic E-state index is -4.37. The van der Waals surface area contributed by atoms with Crippen LogP contribution in [-0.4, -0.2) is 5.91 Å². The van der Waals surface area contributed by atoms with Crippen molar-refractivity contribution in [2.75, 3.05) is 0 Å². The average Bonchev–Trinajstić information content (AvgIpc) is 2.90. The van der Waals surface area contributed by atoms with E-state index < -0.39 is 17.8 Å². The van der Waals surface area contributed by atoms with Crippen molar-refractivity contribution in [1.29, 1.82) is 0 Å². The molecule has 1 N–H and O–H groups in total. The first-order chi connectivity index (χ1) is 9.86. The molecule has 1 amide bonds. The van der Waals surface area contributed by atoms with Crippen LogP contribution < -0.4 is 5.32 Å². The van der Waals surface area contributed by atoms with Crippen molar-refractivity contribution in [3.8, 4) is 0 Å². The second-order valence-electron chi connectivity index (χ2n) is 5.38. The molecule has 1 aliphatic carbocycles. The molecule has 1 aliphatic rings. The number of amides is 1. The first-order valence-electron chi connectivity index (χ1n) is 6.99. The Kier molecular flexibility index (Phi) is 4.70. The van der Waals surface area contributed by atoms with Crippen molar-refractivity contribution in [3.63, 3.8) is 0 Å². The van der Waals surface area contributed by atoms with E-state index in [2.05, 4.69) is 5.32 Å². The molecule has 2 nitrogen and oxygen atoms in total. The molecule has 5 heteroatoms.